The van der Waals surface area contributed by atoms with Crippen LogP contribution >= 0.6 is 0 Å². The van der Waals surface area contributed by atoms with E-state index in [0.29, 0.717) is 23.5 Å². The topological polar surface area (TPSA) is 96.1 Å². The lowest BCUT2D eigenvalue weighted by Crippen LogP contribution is -2.27. The van der Waals surface area contributed by atoms with Crippen LogP contribution in [0.4, 0.5) is 11.4 Å². The molecule has 1 saturated heterocycles. The van der Waals surface area contributed by atoms with E-state index in [0.717, 1.165) is 23.7 Å². The lowest BCUT2D eigenvalue weighted by Gasteiger charge is -2.11. The standard InChI is InChI=1S/C19H18N4O3/c24-18(21-15-6-7-16-13(10-15)11-20-23-16)12-3-1-4-14(9-12)22-19(25)17-5-2-8-26-17/h1,3-4,6-7,9-11,17H,2,5,8H2,(H,20,23)(H,21,24)(H,22,25)/t17-/m1/s1. The number of hydrogen-bond acceptors (Lipinski definition) is 4. The zero-order valence-corrected chi connectivity index (χ0v) is 14.0. The number of rotatable bonds is 4. The maximum absolute atomic E-state index is 12.5. The first-order valence-corrected chi connectivity index (χ1v) is 8.46. The van der Waals surface area contributed by atoms with Gasteiger partial charge in [-0.15, -0.1) is 0 Å². The van der Waals surface area contributed by atoms with Crippen molar-refractivity contribution in [3.63, 3.8) is 0 Å². The van der Waals surface area contributed by atoms with Crippen molar-refractivity contribution in [3.8, 4) is 0 Å². The van der Waals surface area contributed by atoms with Gasteiger partial charge in [-0.1, -0.05) is 6.07 Å². The third-order valence-electron chi connectivity index (χ3n) is 4.31. The molecular formula is C19H18N4O3. The van der Waals surface area contributed by atoms with Gasteiger partial charge in [0.15, 0.2) is 0 Å². The van der Waals surface area contributed by atoms with E-state index in [9.17, 15) is 9.59 Å². The van der Waals surface area contributed by atoms with Crippen molar-refractivity contribution >= 4 is 34.1 Å². The van der Waals surface area contributed by atoms with E-state index in [1.54, 1.807) is 30.5 Å². The first-order valence-electron chi connectivity index (χ1n) is 8.46. The summed E-state index contributed by atoms with van der Waals surface area (Å²) in [6.07, 6.45) is 2.91. The summed E-state index contributed by atoms with van der Waals surface area (Å²) in [6.45, 7) is 0.613. The first kappa shape index (κ1) is 16.3. The predicted octanol–water partition coefficient (Wildman–Crippen LogP) is 2.93. The van der Waals surface area contributed by atoms with E-state index in [1.807, 2.05) is 18.2 Å². The number of amides is 2. The summed E-state index contributed by atoms with van der Waals surface area (Å²) >= 11 is 0. The lowest BCUT2D eigenvalue weighted by molar-refractivity contribution is -0.124. The number of carbonyl (C=O) groups excluding carboxylic acids is 2. The second-order valence-electron chi connectivity index (χ2n) is 6.20. The molecule has 132 valence electrons. The number of nitrogens with one attached hydrogen (secondary N) is 3. The highest BCUT2D eigenvalue weighted by molar-refractivity contribution is 6.06. The minimum atomic E-state index is -0.408. The molecular weight excluding hydrogens is 332 g/mol. The lowest BCUT2D eigenvalue weighted by atomic mass is 10.1. The van der Waals surface area contributed by atoms with Crippen molar-refractivity contribution in [1.82, 2.24) is 10.2 Å². The fraction of sp³-hybridized carbons (Fsp3) is 0.211. The van der Waals surface area contributed by atoms with Gasteiger partial charge in [0.1, 0.15) is 6.10 Å². The van der Waals surface area contributed by atoms with E-state index in [-0.39, 0.29) is 11.8 Å². The van der Waals surface area contributed by atoms with E-state index in [2.05, 4.69) is 20.8 Å². The third-order valence-corrected chi connectivity index (χ3v) is 4.31. The second-order valence-corrected chi connectivity index (χ2v) is 6.20. The molecule has 1 atom stereocenters. The molecule has 0 bridgehead atoms. The van der Waals surface area contributed by atoms with Gasteiger partial charge in [-0.3, -0.25) is 14.7 Å². The van der Waals surface area contributed by atoms with Gasteiger partial charge in [0.05, 0.1) is 11.7 Å². The van der Waals surface area contributed by atoms with Crippen LogP contribution in [0, 0.1) is 0 Å². The van der Waals surface area contributed by atoms with E-state index < -0.39 is 6.10 Å². The maximum atomic E-state index is 12.5. The number of anilines is 2. The molecule has 0 aliphatic carbocycles. The summed E-state index contributed by atoms with van der Waals surface area (Å²) < 4.78 is 5.37. The predicted molar refractivity (Wildman–Crippen MR) is 98.1 cm³/mol. The second kappa shape index (κ2) is 6.97. The summed E-state index contributed by atoms with van der Waals surface area (Å²) in [4.78, 5) is 24.7. The highest BCUT2D eigenvalue weighted by Gasteiger charge is 2.23. The zero-order chi connectivity index (χ0) is 17.9. The third kappa shape index (κ3) is 3.43. The number of ether oxygens (including phenoxy) is 1. The van der Waals surface area contributed by atoms with Gasteiger partial charge in [-0.05, 0) is 49.2 Å². The minimum Gasteiger partial charge on any atom is -0.368 e. The van der Waals surface area contributed by atoms with Crippen LogP contribution in [0.25, 0.3) is 10.9 Å². The maximum Gasteiger partial charge on any atom is 0.255 e. The summed E-state index contributed by atoms with van der Waals surface area (Å²) in [6, 6.07) is 12.4. The molecule has 1 aromatic heterocycles. The van der Waals surface area contributed by atoms with Crippen molar-refractivity contribution in [1.29, 1.82) is 0 Å². The van der Waals surface area contributed by atoms with Gasteiger partial charge in [-0.2, -0.15) is 5.10 Å². The minimum absolute atomic E-state index is 0.175. The number of hydrogen-bond donors (Lipinski definition) is 3. The summed E-state index contributed by atoms with van der Waals surface area (Å²) in [5, 5.41) is 13.4. The molecule has 0 saturated carbocycles. The summed E-state index contributed by atoms with van der Waals surface area (Å²) in [7, 11) is 0. The average Bonchev–Trinajstić information content (AvgIpc) is 3.33. The Morgan fingerprint density at radius 1 is 1.12 bits per heavy atom. The van der Waals surface area contributed by atoms with Crippen LogP contribution in [0.1, 0.15) is 23.2 Å². The van der Waals surface area contributed by atoms with Crippen LogP contribution in [0.5, 0.6) is 0 Å². The monoisotopic (exact) mass is 350 g/mol. The van der Waals surface area contributed by atoms with Crippen molar-refractivity contribution in [2.45, 2.75) is 18.9 Å². The van der Waals surface area contributed by atoms with Gasteiger partial charge in [0, 0.05) is 28.9 Å². The van der Waals surface area contributed by atoms with Crippen LogP contribution in [-0.4, -0.2) is 34.7 Å². The number of aromatic amines is 1. The molecule has 7 nitrogen and oxygen atoms in total. The quantitative estimate of drug-likeness (QED) is 0.674. The number of aromatic nitrogens is 2. The molecule has 7 heteroatoms. The molecule has 0 spiro atoms. The fourth-order valence-electron chi connectivity index (χ4n) is 2.97. The van der Waals surface area contributed by atoms with E-state index >= 15 is 0 Å². The van der Waals surface area contributed by atoms with Crippen molar-refractivity contribution in [2.24, 2.45) is 0 Å². The van der Waals surface area contributed by atoms with Crippen molar-refractivity contribution in [2.75, 3.05) is 17.2 Å². The first-order chi connectivity index (χ1) is 12.7. The van der Waals surface area contributed by atoms with Gasteiger partial charge in [-0.25, -0.2) is 0 Å². The Bertz CT molecular complexity index is 960. The molecule has 2 heterocycles. The molecule has 3 N–H and O–H groups in total. The number of nitrogens with zero attached hydrogens (tertiary/aromatic N) is 1. The Hall–Kier alpha value is -3.19. The highest BCUT2D eigenvalue weighted by atomic mass is 16.5. The number of H-pyrrole nitrogens is 1. The molecule has 2 amide bonds. The molecule has 1 aliphatic heterocycles. The van der Waals surface area contributed by atoms with E-state index in [1.165, 1.54) is 0 Å². The number of fused-ring (bicyclic) bond motifs is 1. The average molecular weight is 350 g/mol. The Labute approximate surface area is 149 Å². The van der Waals surface area contributed by atoms with Crippen molar-refractivity contribution < 1.29 is 14.3 Å². The van der Waals surface area contributed by atoms with Crippen molar-refractivity contribution in [3.05, 3.63) is 54.2 Å². The van der Waals surface area contributed by atoms with Gasteiger partial charge >= 0.3 is 0 Å². The Morgan fingerprint density at radius 3 is 2.85 bits per heavy atom. The van der Waals surface area contributed by atoms with Crippen LogP contribution in [0.15, 0.2) is 48.7 Å². The molecule has 1 fully saturated rings. The smallest absolute Gasteiger partial charge is 0.255 e. The zero-order valence-electron chi connectivity index (χ0n) is 14.0. The summed E-state index contributed by atoms with van der Waals surface area (Å²) in [5.74, 6) is -0.425. The molecule has 3 aromatic rings. The van der Waals surface area contributed by atoms with E-state index in [4.69, 9.17) is 4.74 Å². The number of benzene rings is 2. The van der Waals surface area contributed by atoms with Crippen LogP contribution in [0.3, 0.4) is 0 Å². The van der Waals surface area contributed by atoms with Crippen LogP contribution in [0.2, 0.25) is 0 Å². The molecule has 0 radical (unpaired) electrons. The Kier molecular flexibility index (Phi) is 4.37. The Balaban J connectivity index is 1.46. The molecule has 26 heavy (non-hydrogen) atoms. The molecule has 1 aliphatic rings. The molecule has 2 aromatic carbocycles. The van der Waals surface area contributed by atoms with Gasteiger partial charge in [0.2, 0.25) is 0 Å². The Morgan fingerprint density at radius 2 is 2.00 bits per heavy atom. The van der Waals surface area contributed by atoms with Crippen LogP contribution < -0.4 is 10.6 Å². The summed E-state index contributed by atoms with van der Waals surface area (Å²) in [5.41, 5.74) is 2.62. The molecule has 4 rings (SSSR count). The fourth-order valence-corrected chi connectivity index (χ4v) is 2.97. The SMILES string of the molecule is O=C(Nc1ccc2[nH]ncc2c1)c1cccc(NC(=O)[C@H]2CCCO2)c1. The van der Waals surface area contributed by atoms with Gasteiger partial charge in [0.25, 0.3) is 11.8 Å². The normalized spacial score (nSPS) is 16.5. The highest BCUT2D eigenvalue weighted by Crippen LogP contribution is 2.19. The number of carbonyl (C=O) groups is 2. The van der Waals surface area contributed by atoms with Gasteiger partial charge < -0.3 is 15.4 Å². The largest absolute Gasteiger partial charge is 0.368 e. The van der Waals surface area contributed by atoms with Crippen LogP contribution in [-0.2, 0) is 9.53 Å². The molecule has 0 unspecified atom stereocenters.